The molecule has 1 fully saturated rings. The highest BCUT2D eigenvalue weighted by molar-refractivity contribution is 5.81. The molecule has 1 heterocycles. The van der Waals surface area contributed by atoms with E-state index in [0.29, 0.717) is 25.4 Å². The third-order valence-electron chi connectivity index (χ3n) is 5.47. The summed E-state index contributed by atoms with van der Waals surface area (Å²) in [6.07, 6.45) is 2.75. The summed E-state index contributed by atoms with van der Waals surface area (Å²) in [4.78, 5) is 20.9. The molecule has 3 rings (SSSR count). The molecule has 1 amide bonds. The molecule has 0 spiro atoms. The molecule has 1 N–H and O–H groups in total. The van der Waals surface area contributed by atoms with Crippen LogP contribution >= 0.6 is 0 Å². The maximum absolute atomic E-state index is 12.4. The number of hydrogen-bond donors (Lipinski definition) is 1. The SMILES string of the molecule is CN=C(NCCC(=O)N(C)Cc1ccccc1)N1CCC(Cc2ccccc2)C1. The molecule has 0 radical (unpaired) electrons. The minimum Gasteiger partial charge on any atom is -0.356 e. The van der Waals surface area contributed by atoms with Gasteiger partial charge in [0.05, 0.1) is 0 Å². The molecule has 0 aromatic heterocycles. The fourth-order valence-corrected chi connectivity index (χ4v) is 3.89. The van der Waals surface area contributed by atoms with Gasteiger partial charge >= 0.3 is 0 Å². The summed E-state index contributed by atoms with van der Waals surface area (Å²) < 4.78 is 0. The minimum atomic E-state index is 0.139. The van der Waals surface area contributed by atoms with E-state index < -0.39 is 0 Å². The largest absolute Gasteiger partial charge is 0.356 e. The first-order valence-electron chi connectivity index (χ1n) is 10.4. The van der Waals surface area contributed by atoms with Gasteiger partial charge in [0, 0.05) is 46.7 Å². The van der Waals surface area contributed by atoms with Crippen LogP contribution < -0.4 is 5.32 Å². The normalized spacial score (nSPS) is 16.7. The van der Waals surface area contributed by atoms with Crippen molar-refractivity contribution in [1.82, 2.24) is 15.1 Å². The number of carbonyl (C=O) groups excluding carboxylic acids is 1. The van der Waals surface area contributed by atoms with E-state index in [9.17, 15) is 4.79 Å². The van der Waals surface area contributed by atoms with Crippen molar-refractivity contribution >= 4 is 11.9 Å². The van der Waals surface area contributed by atoms with Gasteiger partial charge in [0.2, 0.25) is 5.91 Å². The van der Waals surface area contributed by atoms with Crippen molar-refractivity contribution in [1.29, 1.82) is 0 Å². The van der Waals surface area contributed by atoms with Crippen LogP contribution in [0.5, 0.6) is 0 Å². The van der Waals surface area contributed by atoms with Crippen LogP contribution in [0, 0.1) is 5.92 Å². The summed E-state index contributed by atoms with van der Waals surface area (Å²) in [6, 6.07) is 20.8. The minimum absolute atomic E-state index is 0.139. The molecule has 1 aliphatic rings. The van der Waals surface area contributed by atoms with Gasteiger partial charge in [-0.25, -0.2) is 0 Å². The molecule has 5 nitrogen and oxygen atoms in total. The Labute approximate surface area is 174 Å². The number of nitrogens with one attached hydrogen (secondary N) is 1. The van der Waals surface area contributed by atoms with Crippen molar-refractivity contribution in [3.05, 3.63) is 71.8 Å². The summed E-state index contributed by atoms with van der Waals surface area (Å²) in [7, 11) is 3.68. The van der Waals surface area contributed by atoms with Gasteiger partial charge in [-0.3, -0.25) is 9.79 Å². The summed E-state index contributed by atoms with van der Waals surface area (Å²) in [6.45, 7) is 3.27. The zero-order valence-corrected chi connectivity index (χ0v) is 17.6. The summed E-state index contributed by atoms with van der Waals surface area (Å²) >= 11 is 0. The lowest BCUT2D eigenvalue weighted by Crippen LogP contribution is -2.41. The highest BCUT2D eigenvalue weighted by Gasteiger charge is 2.25. The van der Waals surface area contributed by atoms with Gasteiger partial charge in [0.25, 0.3) is 0 Å². The molecule has 1 aliphatic heterocycles. The van der Waals surface area contributed by atoms with E-state index in [1.807, 2.05) is 44.4 Å². The Morgan fingerprint density at radius 1 is 1.10 bits per heavy atom. The quantitative estimate of drug-likeness (QED) is 0.582. The van der Waals surface area contributed by atoms with Gasteiger partial charge in [0.15, 0.2) is 5.96 Å². The lowest BCUT2D eigenvalue weighted by molar-refractivity contribution is -0.130. The smallest absolute Gasteiger partial charge is 0.224 e. The average molecular weight is 393 g/mol. The second-order valence-electron chi connectivity index (χ2n) is 7.75. The van der Waals surface area contributed by atoms with E-state index >= 15 is 0 Å². The molecule has 154 valence electrons. The van der Waals surface area contributed by atoms with Crippen LogP contribution in [-0.4, -0.2) is 55.4 Å². The number of guanidine groups is 1. The molecule has 5 heteroatoms. The lowest BCUT2D eigenvalue weighted by Gasteiger charge is -2.22. The number of benzene rings is 2. The van der Waals surface area contributed by atoms with E-state index in [1.54, 1.807) is 4.90 Å². The molecule has 0 saturated carbocycles. The monoisotopic (exact) mass is 392 g/mol. The molecule has 1 saturated heterocycles. The zero-order valence-electron chi connectivity index (χ0n) is 17.6. The number of nitrogens with zero attached hydrogens (tertiary/aromatic N) is 3. The summed E-state index contributed by atoms with van der Waals surface area (Å²) in [5, 5.41) is 3.37. The van der Waals surface area contributed by atoms with E-state index in [0.717, 1.165) is 31.0 Å². The molecule has 29 heavy (non-hydrogen) atoms. The van der Waals surface area contributed by atoms with Crippen LogP contribution in [0.3, 0.4) is 0 Å². The maximum atomic E-state index is 12.4. The van der Waals surface area contributed by atoms with Crippen molar-refractivity contribution in [2.24, 2.45) is 10.9 Å². The molecular weight excluding hydrogens is 360 g/mol. The number of likely N-dealkylation sites (tertiary alicyclic amines) is 1. The second-order valence-corrected chi connectivity index (χ2v) is 7.75. The number of rotatable bonds is 7. The first kappa shape index (κ1) is 20.9. The van der Waals surface area contributed by atoms with Gasteiger partial charge in [0.1, 0.15) is 0 Å². The van der Waals surface area contributed by atoms with E-state index in [2.05, 4.69) is 45.5 Å². The van der Waals surface area contributed by atoms with Gasteiger partial charge in [-0.1, -0.05) is 60.7 Å². The third kappa shape index (κ3) is 6.34. The Bertz CT molecular complexity index is 791. The maximum Gasteiger partial charge on any atom is 0.224 e. The summed E-state index contributed by atoms with van der Waals surface area (Å²) in [5.74, 6) is 1.69. The number of carbonyl (C=O) groups is 1. The van der Waals surface area contributed by atoms with Crippen molar-refractivity contribution in [2.75, 3.05) is 33.7 Å². The fourth-order valence-electron chi connectivity index (χ4n) is 3.89. The predicted molar refractivity (Wildman–Crippen MR) is 119 cm³/mol. The van der Waals surface area contributed by atoms with Crippen molar-refractivity contribution in [3.8, 4) is 0 Å². The van der Waals surface area contributed by atoms with Crippen molar-refractivity contribution in [2.45, 2.75) is 25.8 Å². The molecular formula is C24H32N4O. The molecule has 1 atom stereocenters. The standard InChI is InChI=1S/C24H32N4O/c1-25-24(28-16-14-22(19-28)17-20-9-5-3-6-10-20)26-15-13-23(29)27(2)18-21-11-7-4-8-12-21/h3-12,22H,13-19H2,1-2H3,(H,25,26). The van der Waals surface area contributed by atoms with Gasteiger partial charge < -0.3 is 15.1 Å². The molecule has 2 aromatic rings. The van der Waals surface area contributed by atoms with Crippen LogP contribution in [0.4, 0.5) is 0 Å². The number of aliphatic imine (C=N–C) groups is 1. The highest BCUT2D eigenvalue weighted by atomic mass is 16.2. The molecule has 1 unspecified atom stereocenters. The van der Waals surface area contributed by atoms with E-state index in [1.165, 1.54) is 12.0 Å². The Morgan fingerprint density at radius 3 is 2.41 bits per heavy atom. The second kappa shape index (κ2) is 10.6. The lowest BCUT2D eigenvalue weighted by atomic mass is 9.99. The van der Waals surface area contributed by atoms with Crippen LogP contribution in [0.2, 0.25) is 0 Å². The number of hydrogen-bond acceptors (Lipinski definition) is 2. The number of amides is 1. The Kier molecular flexibility index (Phi) is 7.68. The summed E-state index contributed by atoms with van der Waals surface area (Å²) in [5.41, 5.74) is 2.54. The Balaban J connectivity index is 1.40. The fraction of sp³-hybridized carbons (Fsp3) is 0.417. The van der Waals surface area contributed by atoms with Gasteiger partial charge in [-0.05, 0) is 29.9 Å². The van der Waals surface area contributed by atoms with Crippen LogP contribution in [-0.2, 0) is 17.8 Å². The Morgan fingerprint density at radius 2 is 1.76 bits per heavy atom. The first-order valence-corrected chi connectivity index (χ1v) is 10.4. The van der Waals surface area contributed by atoms with Crippen LogP contribution in [0.15, 0.2) is 65.7 Å². The third-order valence-corrected chi connectivity index (χ3v) is 5.47. The predicted octanol–water partition coefficient (Wildman–Crippen LogP) is 3.18. The van der Waals surface area contributed by atoms with Gasteiger partial charge in [-0.15, -0.1) is 0 Å². The van der Waals surface area contributed by atoms with E-state index in [-0.39, 0.29) is 5.91 Å². The van der Waals surface area contributed by atoms with Crippen molar-refractivity contribution in [3.63, 3.8) is 0 Å². The first-order chi connectivity index (χ1) is 14.2. The van der Waals surface area contributed by atoms with E-state index in [4.69, 9.17) is 0 Å². The average Bonchev–Trinajstić information content (AvgIpc) is 3.20. The molecule has 0 bridgehead atoms. The topological polar surface area (TPSA) is 47.9 Å². The Hall–Kier alpha value is -2.82. The zero-order chi connectivity index (χ0) is 20.5. The van der Waals surface area contributed by atoms with Crippen LogP contribution in [0.1, 0.15) is 24.0 Å². The molecule has 2 aromatic carbocycles. The van der Waals surface area contributed by atoms with Crippen LogP contribution in [0.25, 0.3) is 0 Å². The van der Waals surface area contributed by atoms with Gasteiger partial charge in [-0.2, -0.15) is 0 Å². The highest BCUT2D eigenvalue weighted by Crippen LogP contribution is 2.20. The van der Waals surface area contributed by atoms with Crippen molar-refractivity contribution < 1.29 is 4.79 Å². The molecule has 0 aliphatic carbocycles.